The van der Waals surface area contributed by atoms with Gasteiger partial charge in [-0.2, -0.15) is 0 Å². The van der Waals surface area contributed by atoms with Crippen molar-refractivity contribution in [2.24, 2.45) is 11.8 Å². The normalized spacial score (nSPS) is 39.4. The van der Waals surface area contributed by atoms with Crippen molar-refractivity contribution in [2.45, 2.75) is 32.4 Å². The molecule has 2 heterocycles. The standard InChI is InChI=1S/C11H21NO3S/c1-9-6-12-11(15-7-9)5-10-3-2-4-16(13,14)8-10/h9-12H,2-8H2,1H3. The zero-order chi connectivity index (χ0) is 11.6. The number of hydrogen-bond donors (Lipinski definition) is 1. The summed E-state index contributed by atoms with van der Waals surface area (Å²) in [7, 11) is -2.78. The van der Waals surface area contributed by atoms with Crippen LogP contribution in [0.2, 0.25) is 0 Å². The Hall–Kier alpha value is -0.130. The summed E-state index contributed by atoms with van der Waals surface area (Å²) in [6, 6.07) is 0. The van der Waals surface area contributed by atoms with E-state index in [0.29, 0.717) is 17.4 Å². The van der Waals surface area contributed by atoms with Crippen LogP contribution >= 0.6 is 0 Å². The quantitative estimate of drug-likeness (QED) is 0.783. The highest BCUT2D eigenvalue weighted by molar-refractivity contribution is 7.91. The van der Waals surface area contributed by atoms with Crippen molar-refractivity contribution in [3.8, 4) is 0 Å². The van der Waals surface area contributed by atoms with Crippen LogP contribution in [0.5, 0.6) is 0 Å². The Bertz CT molecular complexity index is 320. The summed E-state index contributed by atoms with van der Waals surface area (Å²) in [4.78, 5) is 0. The number of nitrogens with one attached hydrogen (secondary N) is 1. The highest BCUT2D eigenvalue weighted by Crippen LogP contribution is 2.24. The molecule has 0 aromatic rings. The maximum Gasteiger partial charge on any atom is 0.150 e. The molecule has 16 heavy (non-hydrogen) atoms. The SMILES string of the molecule is CC1CNC(CC2CCCS(=O)(=O)C2)OC1. The summed E-state index contributed by atoms with van der Waals surface area (Å²) in [5.74, 6) is 1.57. The van der Waals surface area contributed by atoms with Crippen LogP contribution in [0.15, 0.2) is 0 Å². The molecule has 3 unspecified atom stereocenters. The molecule has 0 bridgehead atoms. The fourth-order valence-electron chi connectivity index (χ4n) is 2.49. The molecular weight excluding hydrogens is 226 g/mol. The molecule has 2 rings (SSSR count). The van der Waals surface area contributed by atoms with E-state index in [1.807, 2.05) is 0 Å². The number of sulfone groups is 1. The van der Waals surface area contributed by atoms with Gasteiger partial charge < -0.3 is 4.74 Å². The van der Waals surface area contributed by atoms with Crippen LogP contribution in [-0.2, 0) is 14.6 Å². The minimum Gasteiger partial charge on any atom is -0.363 e. The zero-order valence-corrected chi connectivity index (χ0v) is 10.6. The van der Waals surface area contributed by atoms with Crippen LogP contribution < -0.4 is 5.32 Å². The van der Waals surface area contributed by atoms with Crippen LogP contribution in [0, 0.1) is 11.8 Å². The van der Waals surface area contributed by atoms with Gasteiger partial charge >= 0.3 is 0 Å². The van der Waals surface area contributed by atoms with E-state index in [-0.39, 0.29) is 12.1 Å². The summed E-state index contributed by atoms with van der Waals surface area (Å²) in [6.07, 6.45) is 2.74. The summed E-state index contributed by atoms with van der Waals surface area (Å²) >= 11 is 0. The second-order valence-electron chi connectivity index (χ2n) is 5.19. The van der Waals surface area contributed by atoms with Gasteiger partial charge in [0.25, 0.3) is 0 Å². The maximum absolute atomic E-state index is 11.5. The van der Waals surface area contributed by atoms with Crippen LogP contribution in [-0.4, -0.2) is 39.3 Å². The van der Waals surface area contributed by atoms with E-state index in [9.17, 15) is 8.42 Å². The smallest absolute Gasteiger partial charge is 0.150 e. The van der Waals surface area contributed by atoms with Crippen LogP contribution in [0.4, 0.5) is 0 Å². The molecule has 3 atom stereocenters. The van der Waals surface area contributed by atoms with Crippen molar-refractivity contribution in [3.63, 3.8) is 0 Å². The fraction of sp³-hybridized carbons (Fsp3) is 1.00. The molecule has 0 aromatic heterocycles. The highest BCUT2D eigenvalue weighted by Gasteiger charge is 2.28. The van der Waals surface area contributed by atoms with Crippen molar-refractivity contribution in [3.05, 3.63) is 0 Å². The lowest BCUT2D eigenvalue weighted by Gasteiger charge is -2.32. The third kappa shape index (κ3) is 3.43. The summed E-state index contributed by atoms with van der Waals surface area (Å²) < 4.78 is 28.6. The number of rotatable bonds is 2. The molecule has 0 saturated carbocycles. The molecule has 0 radical (unpaired) electrons. The van der Waals surface area contributed by atoms with E-state index in [4.69, 9.17) is 4.74 Å². The van der Waals surface area contributed by atoms with E-state index in [2.05, 4.69) is 12.2 Å². The predicted molar refractivity (Wildman–Crippen MR) is 62.9 cm³/mol. The Morgan fingerprint density at radius 3 is 2.88 bits per heavy atom. The van der Waals surface area contributed by atoms with Gasteiger partial charge in [-0.3, -0.25) is 5.32 Å². The van der Waals surface area contributed by atoms with Gasteiger partial charge in [0.1, 0.15) is 6.23 Å². The molecule has 2 saturated heterocycles. The van der Waals surface area contributed by atoms with Crippen LogP contribution in [0.3, 0.4) is 0 Å². The number of hydrogen-bond acceptors (Lipinski definition) is 4. The van der Waals surface area contributed by atoms with Crippen LogP contribution in [0.1, 0.15) is 26.2 Å². The van der Waals surface area contributed by atoms with E-state index < -0.39 is 9.84 Å². The average Bonchev–Trinajstić information content (AvgIpc) is 2.20. The molecule has 2 aliphatic heterocycles. The van der Waals surface area contributed by atoms with Gasteiger partial charge in [0, 0.05) is 6.54 Å². The van der Waals surface area contributed by atoms with E-state index in [1.165, 1.54) is 0 Å². The first-order chi connectivity index (χ1) is 7.55. The molecule has 0 spiro atoms. The Morgan fingerprint density at radius 1 is 1.44 bits per heavy atom. The van der Waals surface area contributed by atoms with Crippen molar-refractivity contribution < 1.29 is 13.2 Å². The summed E-state index contributed by atoms with van der Waals surface area (Å²) in [6.45, 7) is 3.91. The predicted octanol–water partition coefficient (Wildman–Crippen LogP) is 0.783. The first kappa shape index (κ1) is 12.3. The Morgan fingerprint density at radius 2 is 2.25 bits per heavy atom. The van der Waals surface area contributed by atoms with Crippen molar-refractivity contribution >= 4 is 9.84 Å². The molecule has 2 aliphatic rings. The van der Waals surface area contributed by atoms with Crippen LogP contribution in [0.25, 0.3) is 0 Å². The maximum atomic E-state index is 11.5. The molecule has 5 heteroatoms. The second-order valence-corrected chi connectivity index (χ2v) is 7.42. The first-order valence-corrected chi connectivity index (χ1v) is 7.93. The van der Waals surface area contributed by atoms with Gasteiger partial charge in [0.2, 0.25) is 0 Å². The average molecular weight is 247 g/mol. The lowest BCUT2D eigenvalue weighted by atomic mass is 9.99. The summed E-state index contributed by atoms with van der Waals surface area (Å²) in [5.41, 5.74) is 0. The number of ether oxygens (including phenoxy) is 1. The zero-order valence-electron chi connectivity index (χ0n) is 9.81. The lowest BCUT2D eigenvalue weighted by Crippen LogP contribution is -2.44. The van der Waals surface area contributed by atoms with Crippen molar-refractivity contribution in [1.29, 1.82) is 0 Å². The molecule has 0 amide bonds. The molecular formula is C11H21NO3S. The summed E-state index contributed by atoms with van der Waals surface area (Å²) in [5, 5.41) is 3.33. The Balaban J connectivity index is 1.81. The van der Waals surface area contributed by atoms with Gasteiger partial charge in [-0.15, -0.1) is 0 Å². The second kappa shape index (κ2) is 5.02. The van der Waals surface area contributed by atoms with Gasteiger partial charge in [-0.25, -0.2) is 8.42 Å². The molecule has 0 aliphatic carbocycles. The first-order valence-electron chi connectivity index (χ1n) is 6.10. The topological polar surface area (TPSA) is 55.4 Å². The fourth-order valence-corrected chi connectivity index (χ4v) is 4.28. The molecule has 4 nitrogen and oxygen atoms in total. The van der Waals surface area contributed by atoms with Gasteiger partial charge in [-0.1, -0.05) is 6.92 Å². The van der Waals surface area contributed by atoms with Crippen molar-refractivity contribution in [2.75, 3.05) is 24.7 Å². The Labute approximate surface area is 97.7 Å². The monoisotopic (exact) mass is 247 g/mol. The van der Waals surface area contributed by atoms with E-state index in [1.54, 1.807) is 0 Å². The van der Waals surface area contributed by atoms with Gasteiger partial charge in [0.05, 0.1) is 18.1 Å². The largest absolute Gasteiger partial charge is 0.363 e. The van der Waals surface area contributed by atoms with Crippen molar-refractivity contribution in [1.82, 2.24) is 5.32 Å². The van der Waals surface area contributed by atoms with E-state index >= 15 is 0 Å². The van der Waals surface area contributed by atoms with Gasteiger partial charge in [0.15, 0.2) is 9.84 Å². The Kier molecular flexibility index (Phi) is 3.87. The van der Waals surface area contributed by atoms with E-state index in [0.717, 1.165) is 32.4 Å². The molecule has 94 valence electrons. The minimum absolute atomic E-state index is 0.0644. The molecule has 2 fully saturated rings. The highest BCUT2D eigenvalue weighted by atomic mass is 32.2. The minimum atomic E-state index is -2.78. The molecule has 0 aromatic carbocycles. The lowest BCUT2D eigenvalue weighted by molar-refractivity contribution is -0.0352. The molecule has 1 N–H and O–H groups in total. The van der Waals surface area contributed by atoms with Gasteiger partial charge in [-0.05, 0) is 31.1 Å². The third-order valence-corrected chi connectivity index (χ3v) is 5.27. The third-order valence-electron chi connectivity index (χ3n) is 3.38.